The third-order valence-corrected chi connectivity index (χ3v) is 2.48. The lowest BCUT2D eigenvalue weighted by atomic mass is 9.96. The van der Waals surface area contributed by atoms with E-state index in [2.05, 4.69) is 0 Å². The van der Waals surface area contributed by atoms with Crippen molar-refractivity contribution in [1.29, 1.82) is 0 Å². The molecular formula is C13H18O5. The van der Waals surface area contributed by atoms with E-state index in [0.717, 1.165) is 0 Å². The van der Waals surface area contributed by atoms with Crippen LogP contribution in [0.15, 0.2) is 12.1 Å². The summed E-state index contributed by atoms with van der Waals surface area (Å²) in [5.74, 6) is 0.753. The highest BCUT2D eigenvalue weighted by Crippen LogP contribution is 2.38. The Morgan fingerprint density at radius 2 is 1.50 bits per heavy atom. The van der Waals surface area contributed by atoms with E-state index < -0.39 is 11.4 Å². The van der Waals surface area contributed by atoms with Gasteiger partial charge in [0.2, 0.25) is 5.75 Å². The molecular weight excluding hydrogens is 236 g/mol. The van der Waals surface area contributed by atoms with Crippen LogP contribution in [0.25, 0.3) is 0 Å². The Labute approximate surface area is 106 Å². The maximum Gasteiger partial charge on any atom is 0.203 e. The normalized spacial score (nSPS) is 11.0. The molecule has 0 saturated carbocycles. The Kier molecular flexibility index (Phi) is 4.19. The van der Waals surface area contributed by atoms with Crippen LogP contribution in [0.4, 0.5) is 0 Å². The van der Waals surface area contributed by atoms with E-state index in [9.17, 15) is 9.90 Å². The molecule has 5 nitrogen and oxygen atoms in total. The zero-order valence-corrected chi connectivity index (χ0v) is 11.2. The lowest BCUT2D eigenvalue weighted by Crippen LogP contribution is -2.31. The van der Waals surface area contributed by atoms with Gasteiger partial charge in [0, 0.05) is 5.56 Å². The molecule has 0 amide bonds. The first-order chi connectivity index (χ1) is 8.35. The third-order valence-electron chi connectivity index (χ3n) is 2.48. The molecule has 100 valence electrons. The number of ether oxygens (including phenoxy) is 3. The zero-order chi connectivity index (χ0) is 13.9. The van der Waals surface area contributed by atoms with Crippen LogP contribution in [-0.2, 0) is 0 Å². The molecule has 0 aliphatic heterocycles. The van der Waals surface area contributed by atoms with Gasteiger partial charge in [-0.2, -0.15) is 0 Å². The Morgan fingerprint density at radius 1 is 1.06 bits per heavy atom. The molecule has 0 fully saturated rings. The van der Waals surface area contributed by atoms with Gasteiger partial charge in [0.25, 0.3) is 0 Å². The molecule has 0 radical (unpaired) electrons. The fourth-order valence-electron chi connectivity index (χ4n) is 1.57. The highest BCUT2D eigenvalue weighted by atomic mass is 16.5. The van der Waals surface area contributed by atoms with E-state index in [1.54, 1.807) is 0 Å². The molecule has 18 heavy (non-hydrogen) atoms. The van der Waals surface area contributed by atoms with Crippen molar-refractivity contribution in [2.24, 2.45) is 0 Å². The molecule has 0 unspecified atom stereocenters. The Morgan fingerprint density at radius 3 is 1.78 bits per heavy atom. The quantitative estimate of drug-likeness (QED) is 0.810. The minimum absolute atomic E-state index is 0.303. The van der Waals surface area contributed by atoms with Crippen LogP contribution in [0.1, 0.15) is 24.2 Å². The maximum atomic E-state index is 12.0. The van der Waals surface area contributed by atoms with Crippen molar-refractivity contribution in [3.63, 3.8) is 0 Å². The standard InChI is InChI=1S/C13H18O5/c1-13(2,15)12(14)8-6-9(16-3)11(18-5)10(7-8)17-4/h6-7,15H,1-5H3. The van der Waals surface area contributed by atoms with Gasteiger partial charge in [-0.1, -0.05) is 0 Å². The molecule has 1 aromatic carbocycles. The van der Waals surface area contributed by atoms with Crippen LogP contribution >= 0.6 is 0 Å². The molecule has 1 N–H and O–H groups in total. The number of benzene rings is 1. The van der Waals surface area contributed by atoms with E-state index >= 15 is 0 Å². The summed E-state index contributed by atoms with van der Waals surface area (Å²) >= 11 is 0. The summed E-state index contributed by atoms with van der Waals surface area (Å²) in [5, 5.41) is 9.73. The summed E-state index contributed by atoms with van der Waals surface area (Å²) in [5.41, 5.74) is -1.15. The van der Waals surface area contributed by atoms with Crippen molar-refractivity contribution in [2.75, 3.05) is 21.3 Å². The van der Waals surface area contributed by atoms with Gasteiger partial charge >= 0.3 is 0 Å². The van der Waals surface area contributed by atoms with E-state index in [-0.39, 0.29) is 0 Å². The van der Waals surface area contributed by atoms with Gasteiger partial charge in [-0.05, 0) is 26.0 Å². The molecule has 1 rings (SSSR count). The van der Waals surface area contributed by atoms with Gasteiger partial charge < -0.3 is 19.3 Å². The first kappa shape index (κ1) is 14.3. The van der Waals surface area contributed by atoms with Crippen molar-refractivity contribution in [3.8, 4) is 17.2 Å². The molecule has 5 heteroatoms. The minimum Gasteiger partial charge on any atom is -0.493 e. The summed E-state index contributed by atoms with van der Waals surface area (Å²) in [6.07, 6.45) is 0. The lowest BCUT2D eigenvalue weighted by Gasteiger charge is -2.18. The minimum atomic E-state index is -1.45. The van der Waals surface area contributed by atoms with Crippen molar-refractivity contribution >= 4 is 5.78 Å². The highest BCUT2D eigenvalue weighted by molar-refractivity contribution is 6.02. The van der Waals surface area contributed by atoms with Crippen LogP contribution in [0.3, 0.4) is 0 Å². The van der Waals surface area contributed by atoms with Crippen LogP contribution in [-0.4, -0.2) is 37.8 Å². The number of carbonyl (C=O) groups is 1. The second kappa shape index (κ2) is 5.27. The SMILES string of the molecule is COc1cc(C(=O)C(C)(C)O)cc(OC)c1OC. The van der Waals surface area contributed by atoms with E-state index in [1.165, 1.54) is 47.3 Å². The van der Waals surface area contributed by atoms with Crippen LogP contribution in [0.5, 0.6) is 17.2 Å². The van der Waals surface area contributed by atoms with Crippen LogP contribution in [0.2, 0.25) is 0 Å². The van der Waals surface area contributed by atoms with Crippen molar-refractivity contribution in [1.82, 2.24) is 0 Å². The summed E-state index contributed by atoms with van der Waals surface area (Å²) < 4.78 is 15.4. The smallest absolute Gasteiger partial charge is 0.203 e. The topological polar surface area (TPSA) is 65.0 Å². The molecule has 0 atom stereocenters. The highest BCUT2D eigenvalue weighted by Gasteiger charge is 2.27. The number of hydrogen-bond donors (Lipinski definition) is 1. The lowest BCUT2D eigenvalue weighted by molar-refractivity contribution is 0.0487. The molecule has 0 heterocycles. The maximum absolute atomic E-state index is 12.0. The van der Waals surface area contributed by atoms with Crippen LogP contribution < -0.4 is 14.2 Å². The second-order valence-corrected chi connectivity index (χ2v) is 4.30. The summed E-state index contributed by atoms with van der Waals surface area (Å²) in [6.45, 7) is 2.86. The third kappa shape index (κ3) is 2.73. The molecule has 0 aliphatic carbocycles. The first-order valence-corrected chi connectivity index (χ1v) is 5.42. The Bertz CT molecular complexity index is 420. The number of hydrogen-bond acceptors (Lipinski definition) is 5. The average molecular weight is 254 g/mol. The van der Waals surface area contributed by atoms with Gasteiger partial charge in [0.05, 0.1) is 21.3 Å². The van der Waals surface area contributed by atoms with E-state index in [1.807, 2.05) is 0 Å². The number of ketones is 1. The molecule has 1 aromatic rings. The van der Waals surface area contributed by atoms with E-state index in [0.29, 0.717) is 22.8 Å². The first-order valence-electron chi connectivity index (χ1n) is 5.42. The molecule has 0 aliphatic rings. The predicted octanol–water partition coefficient (Wildman–Crippen LogP) is 1.67. The van der Waals surface area contributed by atoms with Crippen LogP contribution in [0, 0.1) is 0 Å². The van der Waals surface area contributed by atoms with Gasteiger partial charge in [-0.15, -0.1) is 0 Å². The van der Waals surface area contributed by atoms with Crippen molar-refractivity contribution in [2.45, 2.75) is 19.4 Å². The Hall–Kier alpha value is -1.75. The van der Waals surface area contributed by atoms with Crippen molar-refractivity contribution < 1.29 is 24.1 Å². The van der Waals surface area contributed by atoms with Gasteiger partial charge in [0.1, 0.15) is 5.60 Å². The molecule has 0 aromatic heterocycles. The van der Waals surface area contributed by atoms with Gasteiger partial charge in [-0.25, -0.2) is 0 Å². The van der Waals surface area contributed by atoms with Crippen molar-refractivity contribution in [3.05, 3.63) is 17.7 Å². The predicted molar refractivity (Wildman–Crippen MR) is 66.7 cm³/mol. The van der Waals surface area contributed by atoms with Gasteiger partial charge in [0.15, 0.2) is 17.3 Å². The van der Waals surface area contributed by atoms with E-state index in [4.69, 9.17) is 14.2 Å². The summed E-state index contributed by atoms with van der Waals surface area (Å²) in [7, 11) is 4.42. The zero-order valence-electron chi connectivity index (χ0n) is 11.2. The molecule has 0 spiro atoms. The fraction of sp³-hybridized carbons (Fsp3) is 0.462. The number of Topliss-reactive ketones (excluding diaryl/α,β-unsaturated/α-hetero) is 1. The number of carbonyl (C=O) groups excluding carboxylic acids is 1. The number of rotatable bonds is 5. The largest absolute Gasteiger partial charge is 0.493 e. The summed E-state index contributed by atoms with van der Waals surface area (Å²) in [4.78, 5) is 12.0. The summed E-state index contributed by atoms with van der Waals surface area (Å²) in [6, 6.07) is 3.03. The Balaban J connectivity index is 3.36. The molecule has 0 saturated heterocycles. The van der Waals surface area contributed by atoms with Gasteiger partial charge in [-0.3, -0.25) is 4.79 Å². The fourth-order valence-corrected chi connectivity index (χ4v) is 1.57. The number of aliphatic hydroxyl groups is 1. The average Bonchev–Trinajstić information content (AvgIpc) is 2.34. The number of methoxy groups -OCH3 is 3. The molecule has 0 bridgehead atoms. The second-order valence-electron chi connectivity index (χ2n) is 4.30. The monoisotopic (exact) mass is 254 g/mol.